The van der Waals surface area contributed by atoms with Crippen molar-refractivity contribution in [1.82, 2.24) is 10.2 Å². The minimum absolute atomic E-state index is 0.00225. The van der Waals surface area contributed by atoms with Gasteiger partial charge in [-0.05, 0) is 55.7 Å². The molecule has 2 rings (SSSR count). The molecule has 0 spiro atoms. The molecule has 2 aromatic carbocycles. The number of halogens is 3. The first-order chi connectivity index (χ1) is 16.4. The normalized spacial score (nSPS) is 13.1. The van der Waals surface area contributed by atoms with Gasteiger partial charge in [0.05, 0.1) is 11.9 Å². The first kappa shape index (κ1) is 28.9. The highest BCUT2D eigenvalue weighted by Gasteiger charge is 2.32. The Kier molecular flexibility index (Phi) is 10.4. The summed E-state index contributed by atoms with van der Waals surface area (Å²) in [6.07, 6.45) is 1.90. The van der Waals surface area contributed by atoms with E-state index >= 15 is 0 Å². The number of nitrogens with zero attached hydrogens (tertiary/aromatic N) is 2. The molecule has 0 aliphatic rings. The van der Waals surface area contributed by atoms with Crippen LogP contribution in [0.4, 0.5) is 10.1 Å². The summed E-state index contributed by atoms with van der Waals surface area (Å²) in [5.41, 5.74) is 0.540. The zero-order valence-corrected chi connectivity index (χ0v) is 22.4. The van der Waals surface area contributed by atoms with E-state index < -0.39 is 34.3 Å². The van der Waals surface area contributed by atoms with E-state index in [2.05, 4.69) is 5.32 Å². The molecule has 0 aromatic heterocycles. The summed E-state index contributed by atoms with van der Waals surface area (Å²) in [6.45, 7) is 4.85. The molecule has 2 aromatic rings. The fourth-order valence-electron chi connectivity index (χ4n) is 3.44. The van der Waals surface area contributed by atoms with Crippen LogP contribution in [0, 0.1) is 5.82 Å². The minimum Gasteiger partial charge on any atom is -0.352 e. The number of nitrogens with one attached hydrogen (secondary N) is 1. The van der Waals surface area contributed by atoms with Gasteiger partial charge in [0.1, 0.15) is 18.4 Å². The number of carbonyl (C=O) groups is 2. The lowest BCUT2D eigenvalue weighted by atomic mass is 10.1. The monoisotopic (exact) mass is 545 g/mol. The van der Waals surface area contributed by atoms with Gasteiger partial charge < -0.3 is 10.2 Å². The van der Waals surface area contributed by atoms with E-state index in [9.17, 15) is 22.4 Å². The lowest BCUT2D eigenvalue weighted by molar-refractivity contribution is -0.140. The molecule has 0 radical (unpaired) electrons. The maximum absolute atomic E-state index is 13.8. The highest BCUT2D eigenvalue weighted by Crippen LogP contribution is 2.25. The molecule has 0 saturated carbocycles. The van der Waals surface area contributed by atoms with E-state index in [1.165, 1.54) is 29.2 Å². The Labute approximate surface area is 216 Å². The Balaban J connectivity index is 2.48. The van der Waals surface area contributed by atoms with Gasteiger partial charge in [0.15, 0.2) is 0 Å². The van der Waals surface area contributed by atoms with Gasteiger partial charge in [-0.1, -0.05) is 49.2 Å². The highest BCUT2D eigenvalue weighted by molar-refractivity contribution is 7.92. The summed E-state index contributed by atoms with van der Waals surface area (Å²) < 4.78 is 39.7. The maximum atomic E-state index is 13.8. The van der Waals surface area contributed by atoms with Crippen molar-refractivity contribution in [3.63, 3.8) is 0 Å². The van der Waals surface area contributed by atoms with Crippen molar-refractivity contribution in [3.05, 3.63) is 63.9 Å². The minimum atomic E-state index is -3.95. The van der Waals surface area contributed by atoms with Gasteiger partial charge in [-0.3, -0.25) is 13.9 Å². The van der Waals surface area contributed by atoms with Crippen molar-refractivity contribution in [3.8, 4) is 0 Å². The van der Waals surface area contributed by atoms with Crippen LogP contribution in [-0.2, 0) is 26.2 Å². The number of rotatable bonds is 11. The second kappa shape index (κ2) is 12.6. The molecule has 0 heterocycles. The van der Waals surface area contributed by atoms with E-state index in [1.807, 2.05) is 13.8 Å². The molecule has 192 valence electrons. The molecule has 0 saturated heterocycles. The van der Waals surface area contributed by atoms with Gasteiger partial charge in [-0.2, -0.15) is 0 Å². The van der Waals surface area contributed by atoms with Gasteiger partial charge in [-0.15, -0.1) is 0 Å². The Morgan fingerprint density at radius 1 is 1.09 bits per heavy atom. The number of benzene rings is 2. The van der Waals surface area contributed by atoms with E-state index in [0.29, 0.717) is 22.0 Å². The third kappa shape index (κ3) is 8.08. The number of hydrogen-bond donors (Lipinski definition) is 1. The quantitative estimate of drug-likeness (QED) is 0.446. The van der Waals surface area contributed by atoms with E-state index in [1.54, 1.807) is 19.1 Å². The molecule has 0 fully saturated rings. The number of carbonyl (C=O) groups excluding carboxylic acids is 2. The zero-order chi connectivity index (χ0) is 26.3. The Morgan fingerprint density at radius 2 is 1.77 bits per heavy atom. The second-order valence-corrected chi connectivity index (χ2v) is 11.0. The molecule has 0 bridgehead atoms. The van der Waals surface area contributed by atoms with Gasteiger partial charge in [0.2, 0.25) is 21.8 Å². The zero-order valence-electron chi connectivity index (χ0n) is 20.1. The summed E-state index contributed by atoms with van der Waals surface area (Å²) in [7, 11) is -3.95. The fraction of sp³-hybridized carbons (Fsp3) is 0.417. The van der Waals surface area contributed by atoms with Crippen molar-refractivity contribution in [2.75, 3.05) is 17.1 Å². The van der Waals surface area contributed by atoms with Crippen LogP contribution < -0.4 is 9.62 Å². The molecule has 0 aliphatic carbocycles. The van der Waals surface area contributed by atoms with Crippen LogP contribution in [0.2, 0.25) is 10.0 Å². The predicted octanol–water partition coefficient (Wildman–Crippen LogP) is 4.62. The smallest absolute Gasteiger partial charge is 0.244 e. The van der Waals surface area contributed by atoms with Crippen molar-refractivity contribution in [2.24, 2.45) is 0 Å². The van der Waals surface area contributed by atoms with Crippen LogP contribution >= 0.6 is 23.2 Å². The Hall–Kier alpha value is -2.36. The first-order valence-corrected chi connectivity index (χ1v) is 13.7. The first-order valence-electron chi connectivity index (χ1n) is 11.1. The van der Waals surface area contributed by atoms with Crippen molar-refractivity contribution in [2.45, 2.75) is 52.2 Å². The van der Waals surface area contributed by atoms with Crippen molar-refractivity contribution in [1.29, 1.82) is 0 Å². The SMILES string of the molecule is CC[C@@H](C)NC(=O)[C@@H](CC)N(Cc1ccc(Cl)cc1Cl)C(=O)CN(c1cccc(F)c1)S(C)(=O)=O. The lowest BCUT2D eigenvalue weighted by Crippen LogP contribution is -2.53. The van der Waals surface area contributed by atoms with Gasteiger partial charge in [0.25, 0.3) is 0 Å². The average molecular weight is 546 g/mol. The average Bonchev–Trinajstić information content (AvgIpc) is 2.77. The highest BCUT2D eigenvalue weighted by atomic mass is 35.5. The van der Waals surface area contributed by atoms with Crippen molar-refractivity contribution < 1.29 is 22.4 Å². The third-order valence-electron chi connectivity index (χ3n) is 5.52. The summed E-state index contributed by atoms with van der Waals surface area (Å²) in [4.78, 5) is 27.9. The summed E-state index contributed by atoms with van der Waals surface area (Å²) in [5.74, 6) is -1.65. The summed E-state index contributed by atoms with van der Waals surface area (Å²) in [5, 5.41) is 3.59. The number of anilines is 1. The second-order valence-electron chi connectivity index (χ2n) is 8.25. The Morgan fingerprint density at radius 3 is 2.31 bits per heavy atom. The fourth-order valence-corrected chi connectivity index (χ4v) is 4.75. The topological polar surface area (TPSA) is 86.8 Å². The van der Waals surface area contributed by atoms with Crippen LogP contribution in [0.1, 0.15) is 39.2 Å². The van der Waals surface area contributed by atoms with E-state index in [4.69, 9.17) is 23.2 Å². The molecule has 0 unspecified atom stereocenters. The molecule has 2 atom stereocenters. The summed E-state index contributed by atoms with van der Waals surface area (Å²) >= 11 is 12.3. The van der Waals surface area contributed by atoms with Crippen LogP contribution in [-0.4, -0.2) is 50.0 Å². The van der Waals surface area contributed by atoms with Crippen LogP contribution in [0.5, 0.6) is 0 Å². The molecule has 7 nitrogen and oxygen atoms in total. The third-order valence-corrected chi connectivity index (χ3v) is 7.25. The molecule has 11 heteroatoms. The molecular formula is C24H30Cl2FN3O4S. The van der Waals surface area contributed by atoms with Gasteiger partial charge >= 0.3 is 0 Å². The Bertz CT molecular complexity index is 1160. The molecule has 1 N–H and O–H groups in total. The predicted molar refractivity (Wildman–Crippen MR) is 138 cm³/mol. The molecular weight excluding hydrogens is 516 g/mol. The van der Waals surface area contributed by atoms with E-state index in [-0.39, 0.29) is 30.6 Å². The van der Waals surface area contributed by atoms with Gasteiger partial charge in [0, 0.05) is 22.6 Å². The molecule has 0 aliphatic heterocycles. The largest absolute Gasteiger partial charge is 0.352 e. The number of sulfonamides is 1. The van der Waals surface area contributed by atoms with Crippen LogP contribution in [0.25, 0.3) is 0 Å². The summed E-state index contributed by atoms with van der Waals surface area (Å²) in [6, 6.07) is 8.72. The molecule has 35 heavy (non-hydrogen) atoms. The van der Waals surface area contributed by atoms with E-state index in [0.717, 1.165) is 16.6 Å². The number of amides is 2. The van der Waals surface area contributed by atoms with Crippen LogP contribution in [0.3, 0.4) is 0 Å². The lowest BCUT2D eigenvalue weighted by Gasteiger charge is -2.33. The maximum Gasteiger partial charge on any atom is 0.244 e. The van der Waals surface area contributed by atoms with Crippen LogP contribution in [0.15, 0.2) is 42.5 Å². The standard InChI is InChI=1S/C24H30Cl2FN3O4S/c1-5-16(3)28-24(32)22(6-2)29(14-17-10-11-18(25)12-21(17)26)23(31)15-30(35(4,33)34)20-9-7-8-19(27)13-20/h7-13,16,22H,5-6,14-15H2,1-4H3,(H,28,32)/t16-,22-/m1/s1. The molecule has 2 amide bonds. The van der Waals surface area contributed by atoms with Gasteiger partial charge in [-0.25, -0.2) is 12.8 Å². The number of hydrogen-bond acceptors (Lipinski definition) is 4. The van der Waals surface area contributed by atoms with Crippen molar-refractivity contribution >= 4 is 50.7 Å².